The standard InChI is InChI=1S/C14H16O3/c15-13(14(16)17)12-8-4-7-11(9-12)10-5-2-1-3-6-10/h4,7-10H,1-3,5-6H2,(H,16,17). The number of rotatable bonds is 3. The molecule has 0 amide bonds. The number of carboxylic acids is 1. The average Bonchev–Trinajstić information content (AvgIpc) is 2.39. The minimum atomic E-state index is -1.38. The van der Waals surface area contributed by atoms with Gasteiger partial charge in [-0.1, -0.05) is 37.5 Å². The van der Waals surface area contributed by atoms with Crippen molar-refractivity contribution >= 4 is 11.8 Å². The number of carbonyl (C=O) groups is 2. The fourth-order valence-corrected chi connectivity index (χ4v) is 2.49. The van der Waals surface area contributed by atoms with Crippen molar-refractivity contribution in [2.24, 2.45) is 0 Å². The van der Waals surface area contributed by atoms with Gasteiger partial charge in [0.2, 0.25) is 0 Å². The van der Waals surface area contributed by atoms with Crippen molar-refractivity contribution in [3.63, 3.8) is 0 Å². The largest absolute Gasteiger partial charge is 0.475 e. The Morgan fingerprint density at radius 1 is 1.12 bits per heavy atom. The van der Waals surface area contributed by atoms with Crippen molar-refractivity contribution < 1.29 is 14.7 Å². The van der Waals surface area contributed by atoms with Crippen molar-refractivity contribution in [1.82, 2.24) is 0 Å². The lowest BCUT2D eigenvalue weighted by Crippen LogP contribution is -2.13. The Balaban J connectivity index is 2.21. The first kappa shape index (κ1) is 11.8. The first-order chi connectivity index (χ1) is 8.18. The smallest absolute Gasteiger partial charge is 0.377 e. The highest BCUT2D eigenvalue weighted by Gasteiger charge is 2.19. The van der Waals surface area contributed by atoms with Gasteiger partial charge in [0, 0.05) is 5.56 Å². The van der Waals surface area contributed by atoms with Gasteiger partial charge in [-0.2, -0.15) is 0 Å². The van der Waals surface area contributed by atoms with Crippen LogP contribution in [0.5, 0.6) is 0 Å². The lowest BCUT2D eigenvalue weighted by atomic mass is 9.83. The van der Waals surface area contributed by atoms with Gasteiger partial charge in [0.15, 0.2) is 0 Å². The summed E-state index contributed by atoms with van der Waals surface area (Å²) in [6.45, 7) is 0. The van der Waals surface area contributed by atoms with Crippen LogP contribution in [0.2, 0.25) is 0 Å². The number of benzene rings is 1. The van der Waals surface area contributed by atoms with Crippen LogP contribution >= 0.6 is 0 Å². The lowest BCUT2D eigenvalue weighted by molar-refractivity contribution is -0.131. The molecule has 0 spiro atoms. The molecule has 0 aromatic heterocycles. The molecule has 1 saturated carbocycles. The molecule has 0 radical (unpaired) electrons. The van der Waals surface area contributed by atoms with Crippen LogP contribution in [0.15, 0.2) is 24.3 Å². The summed E-state index contributed by atoms with van der Waals surface area (Å²) in [5, 5.41) is 8.69. The molecule has 1 aromatic carbocycles. The fourth-order valence-electron chi connectivity index (χ4n) is 2.49. The van der Waals surface area contributed by atoms with E-state index in [0.29, 0.717) is 11.5 Å². The zero-order valence-corrected chi connectivity index (χ0v) is 9.69. The van der Waals surface area contributed by atoms with Crippen molar-refractivity contribution in [1.29, 1.82) is 0 Å². The first-order valence-electron chi connectivity index (χ1n) is 6.06. The van der Waals surface area contributed by atoms with E-state index in [1.807, 2.05) is 6.07 Å². The molecule has 1 aromatic rings. The van der Waals surface area contributed by atoms with Crippen LogP contribution in [0.1, 0.15) is 53.9 Å². The maximum atomic E-state index is 11.4. The zero-order valence-electron chi connectivity index (χ0n) is 9.69. The summed E-state index contributed by atoms with van der Waals surface area (Å²) in [6.07, 6.45) is 6.02. The van der Waals surface area contributed by atoms with Crippen LogP contribution in [0.3, 0.4) is 0 Å². The summed E-state index contributed by atoms with van der Waals surface area (Å²) in [5.74, 6) is -1.71. The van der Waals surface area contributed by atoms with Crippen molar-refractivity contribution in [3.8, 4) is 0 Å². The maximum Gasteiger partial charge on any atom is 0.377 e. The van der Waals surface area contributed by atoms with Crippen molar-refractivity contribution in [2.45, 2.75) is 38.0 Å². The van der Waals surface area contributed by atoms with Crippen LogP contribution < -0.4 is 0 Å². The highest BCUT2D eigenvalue weighted by atomic mass is 16.4. The molecule has 0 saturated heterocycles. The first-order valence-corrected chi connectivity index (χ1v) is 6.06. The van der Waals surface area contributed by atoms with E-state index in [1.165, 1.54) is 19.3 Å². The molecule has 1 aliphatic rings. The normalized spacial score (nSPS) is 16.7. The summed E-state index contributed by atoms with van der Waals surface area (Å²) < 4.78 is 0. The van der Waals surface area contributed by atoms with Gasteiger partial charge in [-0.25, -0.2) is 4.79 Å². The number of carbonyl (C=O) groups excluding carboxylic acids is 1. The van der Waals surface area contributed by atoms with E-state index in [0.717, 1.165) is 18.4 Å². The molecule has 0 aliphatic heterocycles. The second kappa shape index (κ2) is 5.13. The Morgan fingerprint density at radius 3 is 2.47 bits per heavy atom. The van der Waals surface area contributed by atoms with E-state index < -0.39 is 11.8 Å². The molecule has 2 rings (SSSR count). The van der Waals surface area contributed by atoms with Gasteiger partial charge in [-0.05, 0) is 30.4 Å². The van der Waals surface area contributed by atoms with E-state index in [-0.39, 0.29) is 0 Å². The number of Topliss-reactive ketones (excluding diaryl/α,β-unsaturated/α-hetero) is 1. The van der Waals surface area contributed by atoms with Crippen molar-refractivity contribution in [3.05, 3.63) is 35.4 Å². The van der Waals surface area contributed by atoms with Gasteiger partial charge in [0.1, 0.15) is 0 Å². The highest BCUT2D eigenvalue weighted by molar-refractivity contribution is 6.39. The molecule has 1 fully saturated rings. The fraction of sp³-hybridized carbons (Fsp3) is 0.429. The Bertz CT molecular complexity index is 431. The Hall–Kier alpha value is -1.64. The third-order valence-corrected chi connectivity index (χ3v) is 3.42. The number of ketones is 1. The van der Waals surface area contributed by atoms with Gasteiger partial charge in [0.05, 0.1) is 0 Å². The molecule has 3 heteroatoms. The second-order valence-electron chi connectivity index (χ2n) is 4.59. The Morgan fingerprint density at radius 2 is 1.82 bits per heavy atom. The molecule has 0 bridgehead atoms. The molecule has 90 valence electrons. The summed E-state index contributed by atoms with van der Waals surface area (Å²) in [6, 6.07) is 7.09. The molecule has 3 nitrogen and oxygen atoms in total. The average molecular weight is 232 g/mol. The summed E-state index contributed by atoms with van der Waals surface area (Å²) in [4.78, 5) is 22.0. The molecule has 0 heterocycles. The minimum Gasteiger partial charge on any atom is -0.475 e. The number of carboxylic acid groups (broad SMARTS) is 1. The predicted octanol–water partition coefficient (Wildman–Crippen LogP) is 3.00. The van der Waals surface area contributed by atoms with E-state index >= 15 is 0 Å². The SMILES string of the molecule is O=C(O)C(=O)c1cccc(C2CCCCC2)c1. The summed E-state index contributed by atoms with van der Waals surface area (Å²) in [5.41, 5.74) is 1.40. The lowest BCUT2D eigenvalue weighted by Gasteiger charge is -2.22. The second-order valence-corrected chi connectivity index (χ2v) is 4.59. The van der Waals surface area contributed by atoms with Crippen LogP contribution in [0.4, 0.5) is 0 Å². The quantitative estimate of drug-likeness (QED) is 0.643. The molecule has 1 N–H and O–H groups in total. The monoisotopic (exact) mass is 232 g/mol. The highest BCUT2D eigenvalue weighted by Crippen LogP contribution is 2.32. The number of hydrogen-bond acceptors (Lipinski definition) is 2. The maximum absolute atomic E-state index is 11.4. The van der Waals surface area contributed by atoms with Gasteiger partial charge in [-0.15, -0.1) is 0 Å². The van der Waals surface area contributed by atoms with E-state index in [1.54, 1.807) is 18.2 Å². The van der Waals surface area contributed by atoms with E-state index in [9.17, 15) is 9.59 Å². The van der Waals surface area contributed by atoms with Crippen LogP contribution in [0, 0.1) is 0 Å². The molecular formula is C14H16O3. The Labute approximate surface area is 100 Å². The Kier molecular flexibility index (Phi) is 3.57. The van der Waals surface area contributed by atoms with E-state index in [2.05, 4.69) is 0 Å². The zero-order chi connectivity index (χ0) is 12.3. The molecule has 0 unspecified atom stereocenters. The molecular weight excluding hydrogens is 216 g/mol. The summed E-state index contributed by atoms with van der Waals surface area (Å²) >= 11 is 0. The van der Waals surface area contributed by atoms with Crippen LogP contribution in [0.25, 0.3) is 0 Å². The molecule has 17 heavy (non-hydrogen) atoms. The van der Waals surface area contributed by atoms with Crippen LogP contribution in [-0.2, 0) is 4.79 Å². The van der Waals surface area contributed by atoms with Gasteiger partial charge in [-0.3, -0.25) is 4.79 Å². The number of hydrogen-bond donors (Lipinski definition) is 1. The molecule has 1 aliphatic carbocycles. The topological polar surface area (TPSA) is 54.4 Å². The van der Waals surface area contributed by atoms with Gasteiger partial charge < -0.3 is 5.11 Å². The summed E-state index contributed by atoms with van der Waals surface area (Å²) in [7, 11) is 0. The minimum absolute atomic E-state index is 0.292. The molecule has 0 atom stereocenters. The number of aliphatic carboxylic acids is 1. The van der Waals surface area contributed by atoms with Crippen LogP contribution in [-0.4, -0.2) is 16.9 Å². The van der Waals surface area contributed by atoms with Crippen molar-refractivity contribution in [2.75, 3.05) is 0 Å². The van der Waals surface area contributed by atoms with Gasteiger partial charge in [0.25, 0.3) is 5.78 Å². The van der Waals surface area contributed by atoms with Gasteiger partial charge >= 0.3 is 5.97 Å². The van der Waals surface area contributed by atoms with E-state index in [4.69, 9.17) is 5.11 Å². The predicted molar refractivity (Wildman–Crippen MR) is 64.2 cm³/mol. The third-order valence-electron chi connectivity index (χ3n) is 3.42. The third kappa shape index (κ3) is 2.73.